The van der Waals surface area contributed by atoms with Gasteiger partial charge in [0.05, 0.1) is 48.3 Å². The van der Waals surface area contributed by atoms with Gasteiger partial charge in [-0.1, -0.05) is 34.6 Å². The number of hydrogen-bond donors (Lipinski definition) is 9. The summed E-state index contributed by atoms with van der Waals surface area (Å²) in [4.78, 5) is 0. The molecule has 14 nitrogen and oxygen atoms in total. The molecule has 23 atom stereocenters. The average Bonchev–Trinajstić information content (AvgIpc) is 3.71. The number of rotatable bonds is 7. The van der Waals surface area contributed by atoms with Crippen molar-refractivity contribution in [3.05, 3.63) is 0 Å². The Morgan fingerprint density at radius 2 is 1.38 bits per heavy atom. The molecule has 3 saturated heterocycles. The summed E-state index contributed by atoms with van der Waals surface area (Å²) in [6, 6.07) is 0. The van der Waals surface area contributed by atoms with E-state index in [0.29, 0.717) is 19.3 Å². The fourth-order valence-corrected chi connectivity index (χ4v) is 14.2. The van der Waals surface area contributed by atoms with Crippen LogP contribution in [0.25, 0.3) is 0 Å². The molecule has 4 saturated carbocycles. The van der Waals surface area contributed by atoms with Crippen molar-refractivity contribution in [2.75, 3.05) is 6.61 Å². The summed E-state index contributed by atoms with van der Waals surface area (Å²) >= 11 is 0. The van der Waals surface area contributed by atoms with Gasteiger partial charge in [-0.25, -0.2) is 0 Å². The lowest BCUT2D eigenvalue weighted by Gasteiger charge is -2.69. The van der Waals surface area contributed by atoms with Gasteiger partial charge in [-0.3, -0.25) is 0 Å². The zero-order valence-electron chi connectivity index (χ0n) is 34.8. The van der Waals surface area contributed by atoms with Gasteiger partial charge in [0.15, 0.2) is 12.6 Å². The van der Waals surface area contributed by atoms with Crippen LogP contribution in [0.5, 0.6) is 0 Å². The maximum Gasteiger partial charge on any atom is 0.187 e. The number of fused-ring (bicyclic) bond motifs is 5. The van der Waals surface area contributed by atoms with Crippen molar-refractivity contribution in [1.82, 2.24) is 0 Å². The van der Waals surface area contributed by atoms with E-state index in [9.17, 15) is 46.0 Å². The topological polar surface area (TPSA) is 228 Å². The van der Waals surface area contributed by atoms with Crippen LogP contribution in [0.2, 0.25) is 0 Å². The minimum atomic E-state index is -1.69. The Labute approximate surface area is 331 Å². The van der Waals surface area contributed by atoms with Gasteiger partial charge in [0.25, 0.3) is 0 Å². The predicted octanol–water partition coefficient (Wildman–Crippen LogP) is 1.21. The molecule has 7 fully saturated rings. The van der Waals surface area contributed by atoms with Crippen LogP contribution in [0.15, 0.2) is 0 Å². The van der Waals surface area contributed by atoms with Gasteiger partial charge in [0.2, 0.25) is 0 Å². The van der Waals surface area contributed by atoms with E-state index >= 15 is 0 Å². The molecule has 0 aromatic heterocycles. The van der Waals surface area contributed by atoms with Gasteiger partial charge in [0, 0.05) is 0 Å². The smallest absolute Gasteiger partial charge is 0.187 e. The van der Waals surface area contributed by atoms with Gasteiger partial charge < -0.3 is 69.6 Å². The molecule has 0 aromatic carbocycles. The average molecular weight is 801 g/mol. The van der Waals surface area contributed by atoms with Crippen molar-refractivity contribution in [2.24, 2.45) is 51.8 Å². The summed E-state index contributed by atoms with van der Waals surface area (Å²) in [5.41, 5.74) is -2.89. The van der Waals surface area contributed by atoms with E-state index in [1.807, 2.05) is 0 Å². The van der Waals surface area contributed by atoms with Crippen molar-refractivity contribution >= 4 is 0 Å². The number of aliphatic hydroxyl groups is 9. The van der Waals surface area contributed by atoms with E-state index in [-0.39, 0.29) is 47.0 Å². The standard InChI is InChI=1S/C42H72O14/c1-18-16-41(8)21-14-23(44)27-20(42(9)13-11-26(56-42)39(5,6)51)10-12-40(27,7)22(21)15-24(34(41)38(3,4)35(18)50)53-37-33(31(48)29(46)25(17-43)54-37)55-36-32(49)30(47)28(45)19(2)52-36/h18-37,43-51H,10-17H2,1-9H3/t18?,19-,20-,21?,22?,23-,24-,25+,26+,27?,28-,29+,30+,31-,32+,33+,34?,35?,36-,37+,40+,41+,42-/m0/s1. The van der Waals surface area contributed by atoms with E-state index in [0.717, 1.165) is 25.7 Å². The highest BCUT2D eigenvalue weighted by atomic mass is 16.8. The van der Waals surface area contributed by atoms with E-state index in [2.05, 4.69) is 41.5 Å². The summed E-state index contributed by atoms with van der Waals surface area (Å²) in [5, 5.41) is 99.6. The Kier molecular flexibility index (Phi) is 11.5. The number of aliphatic hydroxyl groups excluding tert-OH is 8. The molecule has 0 bridgehead atoms. The monoisotopic (exact) mass is 800 g/mol. The first-order valence-electron chi connectivity index (χ1n) is 21.3. The normalized spacial score (nSPS) is 57.3. The van der Waals surface area contributed by atoms with Gasteiger partial charge >= 0.3 is 0 Å². The molecule has 6 unspecified atom stereocenters. The minimum absolute atomic E-state index is 0.0410. The van der Waals surface area contributed by atoms with Crippen LogP contribution in [-0.2, 0) is 23.7 Å². The van der Waals surface area contributed by atoms with Crippen LogP contribution >= 0.6 is 0 Å². The molecular formula is C42H72O14. The second-order valence-corrected chi connectivity index (χ2v) is 21.1. The summed E-state index contributed by atoms with van der Waals surface area (Å²) in [6.07, 6.45) is -11.4. The predicted molar refractivity (Wildman–Crippen MR) is 200 cm³/mol. The summed E-state index contributed by atoms with van der Waals surface area (Å²) < 4.78 is 31.9. The first-order chi connectivity index (χ1) is 25.9. The Bertz CT molecular complexity index is 1410. The van der Waals surface area contributed by atoms with Crippen molar-refractivity contribution in [3.63, 3.8) is 0 Å². The molecule has 9 N–H and O–H groups in total. The second kappa shape index (κ2) is 14.8. The van der Waals surface area contributed by atoms with Crippen molar-refractivity contribution in [1.29, 1.82) is 0 Å². The number of hydrogen-bond acceptors (Lipinski definition) is 14. The molecule has 4 aliphatic carbocycles. The third-order valence-corrected chi connectivity index (χ3v) is 16.8. The molecule has 7 rings (SSSR count). The van der Waals surface area contributed by atoms with Gasteiger partial charge in [-0.05, 0) is 124 Å². The molecule has 0 spiro atoms. The lowest BCUT2D eigenvalue weighted by molar-refractivity contribution is -0.379. The molecule has 3 aliphatic heterocycles. The highest BCUT2D eigenvalue weighted by molar-refractivity contribution is 5.19. The molecule has 0 aromatic rings. The van der Waals surface area contributed by atoms with Crippen LogP contribution in [0.4, 0.5) is 0 Å². The molecular weight excluding hydrogens is 728 g/mol. The zero-order chi connectivity index (χ0) is 41.2. The van der Waals surface area contributed by atoms with Crippen molar-refractivity contribution in [2.45, 2.75) is 204 Å². The molecule has 7 aliphatic rings. The Balaban J connectivity index is 1.24. The molecule has 3 heterocycles. The second-order valence-electron chi connectivity index (χ2n) is 21.1. The van der Waals surface area contributed by atoms with Crippen LogP contribution < -0.4 is 0 Å². The van der Waals surface area contributed by atoms with E-state index in [1.165, 1.54) is 6.92 Å². The van der Waals surface area contributed by atoms with Crippen LogP contribution in [0.3, 0.4) is 0 Å². The highest BCUT2D eigenvalue weighted by Gasteiger charge is 2.71. The molecule has 14 heteroatoms. The summed E-state index contributed by atoms with van der Waals surface area (Å²) in [5.74, 6) is -0.126. The summed E-state index contributed by atoms with van der Waals surface area (Å²) in [6.45, 7) is 17.4. The molecule has 56 heavy (non-hydrogen) atoms. The maximum atomic E-state index is 12.3. The van der Waals surface area contributed by atoms with Crippen LogP contribution in [0, 0.1) is 51.8 Å². The highest BCUT2D eigenvalue weighted by Crippen LogP contribution is 2.72. The first-order valence-corrected chi connectivity index (χ1v) is 21.3. The van der Waals surface area contributed by atoms with E-state index in [1.54, 1.807) is 13.8 Å². The van der Waals surface area contributed by atoms with E-state index in [4.69, 9.17) is 23.7 Å². The minimum Gasteiger partial charge on any atom is -0.394 e. The Hall–Kier alpha value is -0.560. The fraction of sp³-hybridized carbons (Fsp3) is 1.00. The number of ether oxygens (including phenoxy) is 5. The first kappa shape index (κ1) is 43.5. The summed E-state index contributed by atoms with van der Waals surface area (Å²) in [7, 11) is 0. The lowest BCUT2D eigenvalue weighted by Crippen LogP contribution is -2.69. The van der Waals surface area contributed by atoms with Crippen molar-refractivity contribution < 1.29 is 69.6 Å². The van der Waals surface area contributed by atoms with Gasteiger partial charge in [-0.15, -0.1) is 0 Å². The quantitative estimate of drug-likeness (QED) is 0.165. The maximum absolute atomic E-state index is 12.3. The van der Waals surface area contributed by atoms with Gasteiger partial charge in [-0.2, -0.15) is 0 Å². The third kappa shape index (κ3) is 6.76. The zero-order valence-corrected chi connectivity index (χ0v) is 34.8. The van der Waals surface area contributed by atoms with Gasteiger partial charge in [0.1, 0.15) is 42.7 Å². The largest absolute Gasteiger partial charge is 0.394 e. The Morgan fingerprint density at radius 3 is 2.00 bits per heavy atom. The third-order valence-electron chi connectivity index (χ3n) is 16.8. The van der Waals surface area contributed by atoms with E-state index < -0.39 is 108 Å². The molecule has 0 amide bonds. The molecule has 324 valence electrons. The van der Waals surface area contributed by atoms with Crippen LogP contribution in [0.1, 0.15) is 107 Å². The SMILES string of the molecule is CC1C[C@]2(C)C3C[C@H](O)C4[C@@H]([C@]5(C)CC[C@H](C(C)(C)O)O5)CC[C@]4(C)C3C[C@H](O[C@@H]3O[C@H](CO)[C@@H](O)[C@H](O)[C@H]3O[C@@H]3O[C@@H](C)[C@H](O)[C@@H](O)[C@H]3O)C2C(C)(C)C1O. The molecule has 0 radical (unpaired) electrons. The van der Waals surface area contributed by atoms with Crippen LogP contribution in [-0.4, -0.2) is 150 Å². The van der Waals surface area contributed by atoms with Crippen molar-refractivity contribution in [3.8, 4) is 0 Å². The Morgan fingerprint density at radius 1 is 0.714 bits per heavy atom. The fourth-order valence-electron chi connectivity index (χ4n) is 14.2. The lowest BCUT2D eigenvalue weighted by atomic mass is 9.38.